The van der Waals surface area contributed by atoms with Gasteiger partial charge in [-0.25, -0.2) is 0 Å². The zero-order valence-electron chi connectivity index (χ0n) is 16.2. The topological polar surface area (TPSA) is 106 Å². The number of nitrogens with one attached hydrogen (secondary N) is 3. The molecule has 0 radical (unpaired) electrons. The van der Waals surface area contributed by atoms with Crippen molar-refractivity contribution < 1.29 is 23.9 Å². The summed E-state index contributed by atoms with van der Waals surface area (Å²) in [5.74, 6) is -1.30. The van der Waals surface area contributed by atoms with Crippen molar-refractivity contribution in [2.75, 3.05) is 31.4 Å². The Kier molecular flexibility index (Phi) is 6.97. The van der Waals surface area contributed by atoms with E-state index in [4.69, 9.17) is 9.47 Å². The van der Waals surface area contributed by atoms with Gasteiger partial charge >= 0.3 is 11.8 Å². The van der Waals surface area contributed by atoms with E-state index < -0.39 is 17.7 Å². The number of benzene rings is 2. The Morgan fingerprint density at radius 1 is 0.857 bits per heavy atom. The number of methoxy groups -OCH3 is 2. The first-order chi connectivity index (χ1) is 13.3. The molecule has 2 rings (SSSR count). The van der Waals surface area contributed by atoms with Gasteiger partial charge in [-0.2, -0.15) is 0 Å². The first-order valence-corrected chi connectivity index (χ1v) is 8.52. The van der Waals surface area contributed by atoms with Crippen molar-refractivity contribution in [1.29, 1.82) is 0 Å². The van der Waals surface area contributed by atoms with Crippen LogP contribution in [0.25, 0.3) is 0 Å². The lowest BCUT2D eigenvalue weighted by molar-refractivity contribution is -0.136. The van der Waals surface area contributed by atoms with Crippen LogP contribution in [0.2, 0.25) is 0 Å². The molecule has 0 aromatic heterocycles. The highest BCUT2D eigenvalue weighted by Crippen LogP contribution is 2.28. The molecule has 0 fully saturated rings. The molecule has 0 bridgehead atoms. The van der Waals surface area contributed by atoms with E-state index in [0.717, 1.165) is 11.1 Å². The Labute approximate surface area is 163 Å². The largest absolute Gasteiger partial charge is 0.497 e. The zero-order chi connectivity index (χ0) is 20.7. The van der Waals surface area contributed by atoms with Crippen LogP contribution in [0.1, 0.15) is 11.1 Å². The molecular weight excluding hydrogens is 362 g/mol. The van der Waals surface area contributed by atoms with E-state index in [0.29, 0.717) is 22.9 Å². The molecule has 0 saturated heterocycles. The number of aryl methyl sites for hydroxylation is 2. The predicted molar refractivity (Wildman–Crippen MR) is 106 cm³/mol. The number of rotatable bonds is 6. The van der Waals surface area contributed by atoms with Crippen molar-refractivity contribution >= 4 is 29.1 Å². The maximum absolute atomic E-state index is 12.1. The van der Waals surface area contributed by atoms with Gasteiger partial charge in [0.2, 0.25) is 5.91 Å². The molecule has 0 aliphatic rings. The van der Waals surface area contributed by atoms with Gasteiger partial charge in [0.25, 0.3) is 0 Å². The van der Waals surface area contributed by atoms with Crippen LogP contribution in [-0.2, 0) is 14.4 Å². The van der Waals surface area contributed by atoms with E-state index in [9.17, 15) is 14.4 Å². The molecule has 148 valence electrons. The van der Waals surface area contributed by atoms with Crippen LogP contribution < -0.4 is 25.4 Å². The lowest BCUT2D eigenvalue weighted by atomic mass is 10.1. The van der Waals surface area contributed by atoms with E-state index in [1.165, 1.54) is 14.2 Å². The Morgan fingerprint density at radius 3 is 2.25 bits per heavy atom. The normalized spacial score (nSPS) is 10.0. The average Bonchev–Trinajstić information content (AvgIpc) is 2.68. The third-order valence-corrected chi connectivity index (χ3v) is 4.06. The minimum absolute atomic E-state index is 0.375. The van der Waals surface area contributed by atoms with Gasteiger partial charge in [-0.15, -0.1) is 0 Å². The fourth-order valence-electron chi connectivity index (χ4n) is 2.35. The number of amides is 3. The minimum atomic E-state index is -0.911. The summed E-state index contributed by atoms with van der Waals surface area (Å²) in [5.41, 5.74) is 2.96. The summed E-state index contributed by atoms with van der Waals surface area (Å²) < 4.78 is 10.3. The highest BCUT2D eigenvalue weighted by atomic mass is 16.5. The molecule has 2 aromatic rings. The molecule has 0 atom stereocenters. The van der Waals surface area contributed by atoms with Gasteiger partial charge in [0, 0.05) is 11.8 Å². The summed E-state index contributed by atoms with van der Waals surface area (Å²) in [6, 6.07) is 10.2. The molecule has 0 heterocycles. The molecule has 28 heavy (non-hydrogen) atoms. The van der Waals surface area contributed by atoms with Gasteiger partial charge in [0.05, 0.1) is 26.5 Å². The Hall–Kier alpha value is -3.55. The molecule has 0 unspecified atom stereocenters. The second-order valence-electron chi connectivity index (χ2n) is 6.05. The zero-order valence-corrected chi connectivity index (χ0v) is 16.2. The van der Waals surface area contributed by atoms with Crippen LogP contribution in [0.4, 0.5) is 11.4 Å². The molecule has 8 nitrogen and oxygen atoms in total. The van der Waals surface area contributed by atoms with Crippen molar-refractivity contribution in [3.63, 3.8) is 0 Å². The number of ether oxygens (including phenoxy) is 2. The minimum Gasteiger partial charge on any atom is -0.497 e. The monoisotopic (exact) mass is 385 g/mol. The van der Waals surface area contributed by atoms with Crippen molar-refractivity contribution in [1.82, 2.24) is 5.32 Å². The lowest BCUT2D eigenvalue weighted by Crippen LogP contribution is -2.39. The quantitative estimate of drug-likeness (QED) is 0.660. The van der Waals surface area contributed by atoms with Gasteiger partial charge in [-0.3, -0.25) is 14.4 Å². The molecule has 8 heteroatoms. The molecule has 0 saturated carbocycles. The van der Waals surface area contributed by atoms with Crippen molar-refractivity contribution in [3.8, 4) is 11.5 Å². The summed E-state index contributed by atoms with van der Waals surface area (Å²) in [6.07, 6.45) is 0. The van der Waals surface area contributed by atoms with Crippen LogP contribution >= 0.6 is 0 Å². The van der Waals surface area contributed by atoms with Crippen molar-refractivity contribution in [2.45, 2.75) is 13.8 Å². The van der Waals surface area contributed by atoms with Crippen LogP contribution in [-0.4, -0.2) is 38.5 Å². The second kappa shape index (κ2) is 9.40. The first-order valence-electron chi connectivity index (χ1n) is 8.52. The van der Waals surface area contributed by atoms with Crippen molar-refractivity contribution in [2.24, 2.45) is 0 Å². The molecule has 0 aliphatic carbocycles. The van der Waals surface area contributed by atoms with Crippen LogP contribution in [0, 0.1) is 13.8 Å². The standard InChI is InChI=1S/C20H23N3O5/c1-12-5-6-14(9-13(12)2)22-20(26)19(25)21-11-18(24)23-16-10-15(27-3)7-8-17(16)28-4/h5-10H,11H2,1-4H3,(H,21,25)(H,22,26)(H,23,24). The first kappa shape index (κ1) is 20.8. The van der Waals surface area contributed by atoms with Crippen LogP contribution in [0.15, 0.2) is 36.4 Å². The smallest absolute Gasteiger partial charge is 0.313 e. The van der Waals surface area contributed by atoms with Gasteiger partial charge in [0.1, 0.15) is 11.5 Å². The number of carbonyl (C=O) groups is 3. The van der Waals surface area contributed by atoms with Crippen molar-refractivity contribution in [3.05, 3.63) is 47.5 Å². The summed E-state index contributed by atoms with van der Waals surface area (Å²) >= 11 is 0. The summed E-state index contributed by atoms with van der Waals surface area (Å²) in [5, 5.41) is 7.38. The molecule has 0 aliphatic heterocycles. The molecular formula is C20H23N3O5. The third-order valence-electron chi connectivity index (χ3n) is 4.06. The van der Waals surface area contributed by atoms with Gasteiger partial charge < -0.3 is 25.4 Å². The predicted octanol–water partition coefficient (Wildman–Crippen LogP) is 2.01. The Morgan fingerprint density at radius 2 is 1.61 bits per heavy atom. The average molecular weight is 385 g/mol. The van der Waals surface area contributed by atoms with Gasteiger partial charge in [0.15, 0.2) is 0 Å². The SMILES string of the molecule is COc1ccc(OC)c(NC(=O)CNC(=O)C(=O)Nc2ccc(C)c(C)c2)c1. The molecule has 3 amide bonds. The van der Waals surface area contributed by atoms with Crippen LogP contribution in [0.5, 0.6) is 11.5 Å². The Bertz CT molecular complexity index is 895. The van der Waals surface area contributed by atoms with E-state index in [1.807, 2.05) is 19.9 Å². The van der Waals surface area contributed by atoms with Gasteiger partial charge in [-0.05, 0) is 49.2 Å². The van der Waals surface area contributed by atoms with E-state index in [-0.39, 0.29) is 6.54 Å². The van der Waals surface area contributed by atoms with Crippen LogP contribution in [0.3, 0.4) is 0 Å². The second-order valence-corrected chi connectivity index (χ2v) is 6.05. The fraction of sp³-hybridized carbons (Fsp3) is 0.250. The number of carbonyl (C=O) groups excluding carboxylic acids is 3. The highest BCUT2D eigenvalue weighted by molar-refractivity contribution is 6.39. The number of hydrogen-bond acceptors (Lipinski definition) is 5. The summed E-state index contributed by atoms with van der Waals surface area (Å²) in [6.45, 7) is 3.48. The summed E-state index contributed by atoms with van der Waals surface area (Å²) in [7, 11) is 2.97. The number of hydrogen-bond donors (Lipinski definition) is 3. The highest BCUT2D eigenvalue weighted by Gasteiger charge is 2.16. The van der Waals surface area contributed by atoms with E-state index in [2.05, 4.69) is 16.0 Å². The fourth-order valence-corrected chi connectivity index (χ4v) is 2.35. The van der Waals surface area contributed by atoms with Gasteiger partial charge in [-0.1, -0.05) is 6.07 Å². The molecule has 0 spiro atoms. The van der Waals surface area contributed by atoms with E-state index >= 15 is 0 Å². The third kappa shape index (κ3) is 5.47. The number of anilines is 2. The maximum atomic E-state index is 12.1. The lowest BCUT2D eigenvalue weighted by Gasteiger charge is -2.12. The molecule has 3 N–H and O–H groups in total. The maximum Gasteiger partial charge on any atom is 0.313 e. The molecule has 2 aromatic carbocycles. The Balaban J connectivity index is 1.90. The summed E-state index contributed by atoms with van der Waals surface area (Å²) in [4.78, 5) is 36.0. The van der Waals surface area contributed by atoms with E-state index in [1.54, 1.807) is 30.3 Å².